The Hall–Kier alpha value is -11.0. The van der Waals surface area contributed by atoms with Crippen molar-refractivity contribution in [1.29, 1.82) is 0 Å². The minimum atomic E-state index is 0. The van der Waals surface area contributed by atoms with Crippen LogP contribution >= 0.6 is 0 Å². The summed E-state index contributed by atoms with van der Waals surface area (Å²) in [5.41, 5.74) is 26.1. The SMILES string of the molecule is Cc1ccccc1N1[CH-]N(c2[c-]cccc2)c2nc(-c3c(C)cccc3C)ccc21.[C-]#[N+]c1ccc2c(c1)N(c1ccccc1C)[CH-]N2c1[c-]cc(C(C)(C)C)cc1.[C-]#[N+]c1ccc2c(n1)N(c1ccccc1C)[CH-]N2c1[c-]cc(C(C)(C)C)cc1.[C-]#[N+]c1cnc2c(n1)N(c1ccccc1C)[CH-]N2c1[c-]cc(C(C)(C)C)cc1.[Ir].[Ir].[Ir].[Ir]. The number of aromatic nitrogens is 4. The van der Waals surface area contributed by atoms with Crippen LogP contribution in [0.4, 0.5) is 109 Å². The van der Waals surface area contributed by atoms with Crippen molar-refractivity contribution >= 4 is 109 Å². The Morgan fingerprint density at radius 2 is 0.686 bits per heavy atom. The van der Waals surface area contributed by atoms with Crippen molar-refractivity contribution in [2.75, 3.05) is 39.2 Å². The van der Waals surface area contributed by atoms with E-state index in [-0.39, 0.29) is 102 Å². The molecule has 0 saturated carbocycles. The number of para-hydroxylation sites is 5. The van der Waals surface area contributed by atoms with E-state index < -0.39 is 0 Å². The Bertz CT molecular complexity index is 5400. The molecule has 17 rings (SSSR count). The second kappa shape index (κ2) is 37.8. The Labute approximate surface area is 751 Å². The smallest absolute Gasteiger partial charge is 0.290 e. The third kappa shape index (κ3) is 18.9. The fourth-order valence-electron chi connectivity index (χ4n) is 14.1. The summed E-state index contributed by atoms with van der Waals surface area (Å²) < 4.78 is 0. The number of aryl methyl sites for hydroxylation is 6. The first-order valence-electron chi connectivity index (χ1n) is 38.0. The standard InChI is InChI=1S/C27H23N3.C25H23N3.C24H22N4.C23H21N5.4Ir/c1-19-10-7-8-15-24(19)30-18-29(22-13-5-4-6-14-22)27-25(30)17-16-23(28-27)26-20(2)11-9-12-21(26)3;1-18-8-6-7-9-22(18)28-17-27(23-15-12-20(26-5)16-24(23)28)21-13-10-19(11-14-21)25(2,3)4;1-17-8-6-7-9-20(17)28-16-27(21-14-15-22(25-5)26-23(21)28)19-12-10-18(11-13-19)24(2,3)4;1-16-8-6-7-9-19(16)28-15-27(21-22(28)26-20(24-5)14-25-21)18-12-10-17(11-13-18)23(2,3)4;;;;/h4-13,15-18H,1-3H3;6-13,15-17H,1-4H3;6-12,14-16H,1-4H3;6-12,14-15H,1-4H3;;;;/q4*-2;;;;. The van der Waals surface area contributed by atoms with E-state index in [0.29, 0.717) is 23.1 Å². The van der Waals surface area contributed by atoms with Gasteiger partial charge in [-0.25, -0.2) is 14.8 Å². The molecular weight excluding hydrogens is 2170 g/mol. The van der Waals surface area contributed by atoms with E-state index in [2.05, 4.69) is 329 Å². The van der Waals surface area contributed by atoms with Crippen LogP contribution in [0.3, 0.4) is 0 Å². The van der Waals surface area contributed by atoms with E-state index in [1.54, 1.807) is 6.07 Å². The third-order valence-electron chi connectivity index (χ3n) is 20.6. The first kappa shape index (κ1) is 89.4. The number of pyridine rings is 2. The number of rotatable bonds is 9. The van der Waals surface area contributed by atoms with Crippen LogP contribution in [-0.2, 0) is 96.7 Å². The Balaban J connectivity index is 0.000000164. The minimum absolute atomic E-state index is 0. The number of anilines is 16. The van der Waals surface area contributed by atoms with Gasteiger partial charge in [0.05, 0.1) is 29.8 Å². The topological polar surface area (TPSA) is 90.6 Å². The molecule has 7 heterocycles. The van der Waals surface area contributed by atoms with Crippen molar-refractivity contribution in [3.05, 3.63) is 378 Å². The molecule has 0 unspecified atom stereocenters. The molecule has 118 heavy (non-hydrogen) atoms. The van der Waals surface area contributed by atoms with E-state index in [4.69, 9.17) is 24.7 Å². The maximum Gasteiger partial charge on any atom is 0.290 e. The van der Waals surface area contributed by atoms with Crippen molar-refractivity contribution in [3.8, 4) is 11.3 Å². The molecule has 3 aromatic heterocycles. The molecule has 13 aromatic rings. The third-order valence-corrected chi connectivity index (χ3v) is 20.6. The molecule has 0 saturated heterocycles. The van der Waals surface area contributed by atoms with Gasteiger partial charge in [0.15, 0.2) is 11.5 Å². The van der Waals surface area contributed by atoms with Gasteiger partial charge < -0.3 is 48.9 Å². The summed E-state index contributed by atoms with van der Waals surface area (Å²) in [4.78, 5) is 46.1. The summed E-state index contributed by atoms with van der Waals surface area (Å²) in [6.45, 7) is 62.6. The fraction of sp³-hybridized carbons (Fsp3) is 0.182. The molecule has 4 radical (unpaired) electrons. The van der Waals surface area contributed by atoms with Crippen LogP contribution in [0.1, 0.15) is 112 Å². The molecule has 0 amide bonds. The number of benzene rings is 10. The van der Waals surface area contributed by atoms with Crippen molar-refractivity contribution in [1.82, 2.24) is 19.9 Å². The Kier molecular flexibility index (Phi) is 28.6. The summed E-state index contributed by atoms with van der Waals surface area (Å²) in [5, 5.41) is 0. The summed E-state index contributed by atoms with van der Waals surface area (Å²) in [6, 6.07) is 93.7. The van der Waals surface area contributed by atoms with Gasteiger partial charge in [-0.3, -0.25) is 0 Å². The van der Waals surface area contributed by atoms with Gasteiger partial charge in [-0.15, -0.1) is 72.6 Å². The molecule has 604 valence electrons. The number of fused-ring (bicyclic) bond motifs is 4. The monoisotopic (exact) mass is 2260 g/mol. The van der Waals surface area contributed by atoms with Gasteiger partial charge in [0.25, 0.3) is 11.6 Å². The molecule has 4 aliphatic rings. The van der Waals surface area contributed by atoms with Crippen LogP contribution in [0.15, 0.2) is 243 Å². The molecule has 0 spiro atoms. The van der Waals surface area contributed by atoms with E-state index in [9.17, 15) is 0 Å². The van der Waals surface area contributed by atoms with E-state index in [0.717, 1.165) is 96.7 Å². The van der Waals surface area contributed by atoms with Gasteiger partial charge in [0.2, 0.25) is 11.6 Å². The Morgan fingerprint density at radius 3 is 1.15 bits per heavy atom. The molecule has 0 aliphatic carbocycles. The van der Waals surface area contributed by atoms with Crippen molar-refractivity contribution in [3.63, 3.8) is 0 Å². The number of hydrogen-bond donors (Lipinski definition) is 0. The zero-order chi connectivity index (χ0) is 80.3. The molecule has 4 aliphatic heterocycles. The van der Waals surface area contributed by atoms with E-state index in [1.807, 2.05) is 125 Å². The summed E-state index contributed by atoms with van der Waals surface area (Å²) in [7, 11) is 0. The van der Waals surface area contributed by atoms with Gasteiger partial charge in [-0.05, 0) is 136 Å². The molecule has 0 fully saturated rings. The largest absolute Gasteiger partial charge is 0.494 e. The molecule has 0 N–H and O–H groups in total. The van der Waals surface area contributed by atoms with Crippen LogP contribution in [0.2, 0.25) is 0 Å². The van der Waals surface area contributed by atoms with E-state index in [1.165, 1.54) is 50.7 Å². The maximum absolute atomic E-state index is 7.39. The predicted octanol–water partition coefficient (Wildman–Crippen LogP) is 26.2. The average Bonchev–Trinajstić information content (AvgIpc) is 1.62. The quantitative estimate of drug-likeness (QED) is 0.129. The van der Waals surface area contributed by atoms with Crippen molar-refractivity contribution in [2.45, 2.75) is 120 Å². The zero-order valence-corrected chi connectivity index (χ0v) is 78.0. The summed E-state index contributed by atoms with van der Waals surface area (Å²) in [6.07, 6.45) is 1.51. The molecule has 0 atom stereocenters. The fourth-order valence-corrected chi connectivity index (χ4v) is 14.1. The van der Waals surface area contributed by atoms with E-state index >= 15 is 0 Å². The van der Waals surface area contributed by atoms with Gasteiger partial charge in [-0.1, -0.05) is 194 Å². The second-order valence-corrected chi connectivity index (χ2v) is 31.7. The van der Waals surface area contributed by atoms with Crippen molar-refractivity contribution in [2.24, 2.45) is 0 Å². The number of hydrogen-bond acceptors (Lipinski definition) is 12. The minimum Gasteiger partial charge on any atom is -0.494 e. The summed E-state index contributed by atoms with van der Waals surface area (Å²) in [5.74, 6) is 3.68. The van der Waals surface area contributed by atoms with Crippen LogP contribution in [0, 0.1) is 112 Å². The van der Waals surface area contributed by atoms with Crippen LogP contribution in [0.5, 0.6) is 0 Å². The van der Waals surface area contributed by atoms with Crippen molar-refractivity contribution < 1.29 is 80.4 Å². The van der Waals surface area contributed by atoms with Gasteiger partial charge in [0, 0.05) is 120 Å². The molecular formula is C99H89Ir4N15-8. The molecule has 15 nitrogen and oxygen atoms in total. The average molecular weight is 2260 g/mol. The van der Waals surface area contributed by atoms with Gasteiger partial charge in [-0.2, -0.15) is 102 Å². The predicted molar refractivity (Wildman–Crippen MR) is 467 cm³/mol. The van der Waals surface area contributed by atoms with Crippen LogP contribution < -0.4 is 39.2 Å². The second-order valence-electron chi connectivity index (χ2n) is 31.7. The zero-order valence-electron chi connectivity index (χ0n) is 68.4. The molecule has 0 bridgehead atoms. The maximum atomic E-state index is 7.39. The normalized spacial score (nSPS) is 12.8. The number of nitrogens with zero attached hydrogens (tertiary/aromatic N) is 15. The first-order valence-corrected chi connectivity index (χ1v) is 38.0. The first-order chi connectivity index (χ1) is 54.8. The Morgan fingerprint density at radius 1 is 0.305 bits per heavy atom. The van der Waals surface area contributed by atoms with Crippen LogP contribution in [-0.4, -0.2) is 19.9 Å². The van der Waals surface area contributed by atoms with Crippen LogP contribution in [0.25, 0.3) is 25.8 Å². The molecule has 10 aromatic carbocycles. The summed E-state index contributed by atoms with van der Waals surface area (Å²) >= 11 is 0. The van der Waals surface area contributed by atoms with Gasteiger partial charge in [0.1, 0.15) is 5.82 Å². The molecule has 19 heteroatoms. The van der Waals surface area contributed by atoms with Gasteiger partial charge >= 0.3 is 0 Å².